The van der Waals surface area contributed by atoms with Gasteiger partial charge in [-0.05, 0) is 43.8 Å². The summed E-state index contributed by atoms with van der Waals surface area (Å²) in [5, 5.41) is 10.3. The first-order valence-electron chi connectivity index (χ1n) is 11.0. The van der Waals surface area contributed by atoms with E-state index in [9.17, 15) is 9.90 Å². The molecule has 4 rings (SSSR count). The van der Waals surface area contributed by atoms with Crippen molar-refractivity contribution in [3.05, 3.63) is 99.9 Å². The summed E-state index contributed by atoms with van der Waals surface area (Å²) < 4.78 is 7.11. The van der Waals surface area contributed by atoms with E-state index in [1.54, 1.807) is 35.0 Å². The molecule has 0 aliphatic rings. The molecule has 2 aromatic heterocycles. The highest BCUT2D eigenvalue weighted by molar-refractivity contribution is 5.88. The highest BCUT2D eigenvalue weighted by Crippen LogP contribution is 2.26. The van der Waals surface area contributed by atoms with Gasteiger partial charge < -0.3 is 9.84 Å². The second-order valence-electron chi connectivity index (χ2n) is 7.79. The predicted molar refractivity (Wildman–Crippen MR) is 135 cm³/mol. The van der Waals surface area contributed by atoms with Crippen LogP contribution < -0.4 is 10.3 Å². The molecule has 0 unspecified atom stereocenters. The van der Waals surface area contributed by atoms with Crippen LogP contribution in [0.15, 0.2) is 76.7 Å². The van der Waals surface area contributed by atoms with E-state index >= 15 is 0 Å². The average Bonchev–Trinajstić information content (AvgIpc) is 2.87. The zero-order valence-corrected chi connectivity index (χ0v) is 19.2. The van der Waals surface area contributed by atoms with Gasteiger partial charge in [0.1, 0.15) is 28.5 Å². The Morgan fingerprint density at radius 2 is 1.97 bits per heavy atom. The fraction of sp³-hybridized carbons (Fsp3) is 0.185. The number of nitrogens with zero attached hydrogens (tertiary/aromatic N) is 4. The maximum Gasteiger partial charge on any atom is 0.261 e. The van der Waals surface area contributed by atoms with Crippen LogP contribution in [0.1, 0.15) is 29.6 Å². The molecule has 0 fully saturated rings. The second kappa shape index (κ2) is 10.1. The number of aromatic nitrogens is 3. The number of phenols is 1. The summed E-state index contributed by atoms with van der Waals surface area (Å²) in [6.45, 7) is 5.73. The number of aryl methyl sites for hydroxylation is 2. The van der Waals surface area contributed by atoms with E-state index in [4.69, 9.17) is 9.72 Å². The number of ether oxygens (including phenoxy) is 1. The minimum Gasteiger partial charge on any atom is -0.508 e. The third kappa shape index (κ3) is 4.59. The molecule has 172 valence electrons. The van der Waals surface area contributed by atoms with Crippen molar-refractivity contribution in [1.29, 1.82) is 0 Å². The Morgan fingerprint density at radius 3 is 2.68 bits per heavy atom. The van der Waals surface area contributed by atoms with Gasteiger partial charge in [0.05, 0.1) is 24.7 Å². The van der Waals surface area contributed by atoms with Gasteiger partial charge in [0.15, 0.2) is 0 Å². The monoisotopic (exact) mass is 454 g/mol. The topological polar surface area (TPSA) is 89.6 Å². The number of fused-ring (bicyclic) bond motifs is 1. The summed E-state index contributed by atoms with van der Waals surface area (Å²) in [6.07, 6.45) is 4.66. The molecule has 0 amide bonds. The molecule has 0 spiro atoms. The maximum absolute atomic E-state index is 13.7. The van der Waals surface area contributed by atoms with Crippen LogP contribution in [-0.4, -0.2) is 33.5 Å². The molecule has 2 heterocycles. The van der Waals surface area contributed by atoms with Gasteiger partial charge in [0.25, 0.3) is 5.56 Å². The molecule has 0 aliphatic carbocycles. The van der Waals surface area contributed by atoms with Crippen molar-refractivity contribution in [3.8, 4) is 11.5 Å². The zero-order valence-electron chi connectivity index (χ0n) is 19.2. The minimum atomic E-state index is -0.175. The van der Waals surface area contributed by atoms with Crippen LogP contribution >= 0.6 is 0 Å². The number of phenolic OH excluding ortho intramolecular Hbond substituents is 1. The van der Waals surface area contributed by atoms with E-state index in [2.05, 4.69) is 28.8 Å². The Morgan fingerprint density at radius 1 is 1.18 bits per heavy atom. The summed E-state index contributed by atoms with van der Waals surface area (Å²) in [7, 11) is 1.54. The number of hydrogen-bond acceptors (Lipinski definition) is 6. The number of pyridine rings is 1. The van der Waals surface area contributed by atoms with Crippen molar-refractivity contribution in [2.75, 3.05) is 7.11 Å². The quantitative estimate of drug-likeness (QED) is 0.399. The van der Waals surface area contributed by atoms with Gasteiger partial charge in [-0.2, -0.15) is 0 Å². The molecule has 34 heavy (non-hydrogen) atoms. The normalized spacial score (nSPS) is 11.5. The van der Waals surface area contributed by atoms with Gasteiger partial charge in [-0.25, -0.2) is 4.98 Å². The van der Waals surface area contributed by atoms with Gasteiger partial charge >= 0.3 is 0 Å². The molecule has 4 aromatic rings. The Balaban J connectivity index is 1.89. The molecule has 7 nitrogen and oxygen atoms in total. The average molecular weight is 455 g/mol. The minimum absolute atomic E-state index is 0.0976. The maximum atomic E-state index is 13.7. The second-order valence-corrected chi connectivity index (χ2v) is 7.79. The van der Waals surface area contributed by atoms with Gasteiger partial charge in [-0.3, -0.25) is 19.3 Å². The van der Waals surface area contributed by atoms with Crippen molar-refractivity contribution in [2.45, 2.75) is 26.3 Å². The first kappa shape index (κ1) is 22.9. The Kier molecular flexibility index (Phi) is 6.82. The molecule has 0 saturated carbocycles. The van der Waals surface area contributed by atoms with Crippen molar-refractivity contribution >= 4 is 23.3 Å². The van der Waals surface area contributed by atoms with Crippen LogP contribution in [0.5, 0.6) is 11.5 Å². The smallest absolute Gasteiger partial charge is 0.261 e. The summed E-state index contributed by atoms with van der Waals surface area (Å²) in [5.74, 6) is 1.23. The van der Waals surface area contributed by atoms with Crippen LogP contribution in [0.3, 0.4) is 0 Å². The number of methoxy groups -OCH3 is 1. The standard InChI is InChI=1S/C27H26N4O3/c1-4-22(28-2)26-25-21(14-15-29-26)27(33)31(17-19-11-12-20(32)16-23(19)34-3)24(30-25)13-10-18-8-6-5-7-9-18/h4-9,11-12,14-16,32H,2,10,13,17H2,1,3H3/b22-4-. The van der Waals surface area contributed by atoms with E-state index < -0.39 is 0 Å². The third-order valence-electron chi connectivity index (χ3n) is 5.72. The summed E-state index contributed by atoms with van der Waals surface area (Å²) >= 11 is 0. The van der Waals surface area contributed by atoms with Crippen LogP contribution in [0, 0.1) is 0 Å². The van der Waals surface area contributed by atoms with Crippen molar-refractivity contribution in [3.63, 3.8) is 0 Å². The van der Waals surface area contributed by atoms with Gasteiger partial charge in [-0.15, -0.1) is 0 Å². The van der Waals surface area contributed by atoms with E-state index in [1.807, 2.05) is 25.1 Å². The Bertz CT molecular complexity index is 1430. The molecule has 0 radical (unpaired) electrons. The Labute approximate surface area is 197 Å². The molecule has 0 aliphatic heterocycles. The van der Waals surface area contributed by atoms with Crippen molar-refractivity contribution in [1.82, 2.24) is 14.5 Å². The summed E-state index contributed by atoms with van der Waals surface area (Å²) in [5.41, 5.74) is 3.35. The number of rotatable bonds is 8. The summed E-state index contributed by atoms with van der Waals surface area (Å²) in [6, 6.07) is 16.6. The number of benzene rings is 2. The fourth-order valence-electron chi connectivity index (χ4n) is 3.97. The van der Waals surface area contributed by atoms with Crippen LogP contribution in [0.4, 0.5) is 0 Å². The van der Waals surface area contributed by atoms with Crippen LogP contribution in [0.2, 0.25) is 0 Å². The van der Waals surface area contributed by atoms with E-state index in [1.165, 1.54) is 13.2 Å². The van der Waals surface area contributed by atoms with Crippen LogP contribution in [0.25, 0.3) is 16.6 Å². The zero-order chi connectivity index (χ0) is 24.1. The molecule has 0 bridgehead atoms. The SMILES string of the molecule is C=N/C(=C\C)c1nccc2c(=O)n(Cc3ccc(O)cc3OC)c(CCc3ccccc3)nc12. The number of allylic oxidation sites excluding steroid dienone is 1. The molecule has 2 aromatic carbocycles. The van der Waals surface area contributed by atoms with E-state index in [0.717, 1.165) is 17.5 Å². The summed E-state index contributed by atoms with van der Waals surface area (Å²) in [4.78, 5) is 27.1. The first-order chi connectivity index (χ1) is 16.5. The third-order valence-corrected chi connectivity index (χ3v) is 5.72. The van der Waals surface area contributed by atoms with E-state index in [-0.39, 0.29) is 17.9 Å². The largest absolute Gasteiger partial charge is 0.508 e. The van der Waals surface area contributed by atoms with Crippen LogP contribution in [-0.2, 0) is 19.4 Å². The molecular formula is C27H26N4O3. The lowest BCUT2D eigenvalue weighted by Crippen LogP contribution is -2.27. The van der Waals surface area contributed by atoms with Gasteiger partial charge in [0.2, 0.25) is 0 Å². The van der Waals surface area contributed by atoms with E-state index in [0.29, 0.717) is 40.3 Å². The molecular weight excluding hydrogens is 428 g/mol. The number of aromatic hydroxyl groups is 1. The molecule has 1 N–H and O–H groups in total. The van der Waals surface area contributed by atoms with Gasteiger partial charge in [0, 0.05) is 24.2 Å². The lowest BCUT2D eigenvalue weighted by atomic mass is 10.1. The molecule has 0 saturated heterocycles. The molecule has 7 heteroatoms. The van der Waals surface area contributed by atoms with Gasteiger partial charge in [-0.1, -0.05) is 36.4 Å². The molecule has 0 atom stereocenters. The lowest BCUT2D eigenvalue weighted by molar-refractivity contribution is 0.401. The van der Waals surface area contributed by atoms with Crippen molar-refractivity contribution in [2.24, 2.45) is 4.99 Å². The van der Waals surface area contributed by atoms with Crippen molar-refractivity contribution < 1.29 is 9.84 Å². The predicted octanol–water partition coefficient (Wildman–Crippen LogP) is 4.40. The first-order valence-corrected chi connectivity index (χ1v) is 11.0. The highest BCUT2D eigenvalue weighted by atomic mass is 16.5. The number of aliphatic imine (C=N–C) groups is 1. The highest BCUT2D eigenvalue weighted by Gasteiger charge is 2.17. The Hall–Kier alpha value is -4.26. The number of hydrogen-bond donors (Lipinski definition) is 1. The lowest BCUT2D eigenvalue weighted by Gasteiger charge is -2.16. The fourth-order valence-corrected chi connectivity index (χ4v) is 3.97.